The molecular weight excluding hydrogens is 252 g/mol. The summed E-state index contributed by atoms with van der Waals surface area (Å²) in [7, 11) is 1.61. The van der Waals surface area contributed by atoms with E-state index in [-0.39, 0.29) is 11.9 Å². The molecular formula is C13H17ClN2O2. The Bertz CT molecular complexity index is 437. The predicted octanol–water partition coefficient (Wildman–Crippen LogP) is 1.72. The minimum Gasteiger partial charge on any atom is -0.496 e. The lowest BCUT2D eigenvalue weighted by atomic mass is 10.1. The summed E-state index contributed by atoms with van der Waals surface area (Å²) in [5.41, 5.74) is 0.889. The van der Waals surface area contributed by atoms with Gasteiger partial charge in [-0.05, 0) is 25.0 Å². The Kier molecular flexibility index (Phi) is 4.44. The normalized spacial score (nSPS) is 19.4. The fraction of sp³-hybridized carbons (Fsp3) is 0.462. The highest BCUT2D eigenvalue weighted by molar-refractivity contribution is 6.31. The number of hydrogen-bond acceptors (Lipinski definition) is 3. The van der Waals surface area contributed by atoms with Crippen molar-refractivity contribution in [3.8, 4) is 5.75 Å². The summed E-state index contributed by atoms with van der Waals surface area (Å²) < 4.78 is 5.27. The molecule has 0 radical (unpaired) electrons. The van der Waals surface area contributed by atoms with E-state index in [1.807, 2.05) is 18.2 Å². The van der Waals surface area contributed by atoms with Crippen molar-refractivity contribution in [2.45, 2.75) is 25.4 Å². The maximum atomic E-state index is 11.6. The van der Waals surface area contributed by atoms with Crippen LogP contribution in [-0.4, -0.2) is 25.6 Å². The molecule has 1 heterocycles. The van der Waals surface area contributed by atoms with Crippen LogP contribution in [0.5, 0.6) is 5.75 Å². The van der Waals surface area contributed by atoms with Gasteiger partial charge < -0.3 is 15.4 Å². The first-order valence-electron chi connectivity index (χ1n) is 6.05. The predicted molar refractivity (Wildman–Crippen MR) is 70.9 cm³/mol. The van der Waals surface area contributed by atoms with E-state index < -0.39 is 0 Å². The number of benzene rings is 1. The third-order valence-corrected chi connectivity index (χ3v) is 3.46. The highest BCUT2D eigenvalue weighted by atomic mass is 35.5. The van der Waals surface area contributed by atoms with E-state index >= 15 is 0 Å². The average Bonchev–Trinajstić information content (AvgIpc) is 2.39. The van der Waals surface area contributed by atoms with Crippen molar-refractivity contribution in [1.82, 2.24) is 10.6 Å². The molecule has 1 atom stereocenters. The van der Waals surface area contributed by atoms with Crippen LogP contribution in [0.2, 0.25) is 5.02 Å². The van der Waals surface area contributed by atoms with E-state index in [1.165, 1.54) is 0 Å². The molecule has 0 bridgehead atoms. The monoisotopic (exact) mass is 268 g/mol. The zero-order chi connectivity index (χ0) is 13.0. The van der Waals surface area contributed by atoms with Crippen LogP contribution in [-0.2, 0) is 11.3 Å². The minimum atomic E-state index is -0.139. The summed E-state index contributed by atoms with van der Waals surface area (Å²) in [4.78, 5) is 11.6. The Balaban J connectivity index is 2.03. The quantitative estimate of drug-likeness (QED) is 0.874. The lowest BCUT2D eigenvalue weighted by Gasteiger charge is -2.23. The van der Waals surface area contributed by atoms with Gasteiger partial charge in [-0.15, -0.1) is 0 Å². The topological polar surface area (TPSA) is 50.4 Å². The van der Waals surface area contributed by atoms with E-state index in [0.717, 1.165) is 30.7 Å². The zero-order valence-electron chi connectivity index (χ0n) is 10.3. The van der Waals surface area contributed by atoms with E-state index in [4.69, 9.17) is 16.3 Å². The van der Waals surface area contributed by atoms with Gasteiger partial charge in [0.05, 0.1) is 13.2 Å². The van der Waals surface area contributed by atoms with E-state index in [2.05, 4.69) is 10.6 Å². The first kappa shape index (κ1) is 13.2. The molecule has 0 aromatic heterocycles. The molecule has 1 fully saturated rings. The number of ether oxygens (including phenoxy) is 1. The number of carbonyl (C=O) groups excluding carboxylic acids is 1. The van der Waals surface area contributed by atoms with Crippen LogP contribution in [0.1, 0.15) is 18.4 Å². The molecule has 0 saturated carbocycles. The molecule has 2 N–H and O–H groups in total. The molecule has 98 valence electrons. The van der Waals surface area contributed by atoms with Gasteiger partial charge in [0.1, 0.15) is 5.75 Å². The van der Waals surface area contributed by atoms with Gasteiger partial charge in [0.25, 0.3) is 0 Å². The van der Waals surface area contributed by atoms with Gasteiger partial charge in [0, 0.05) is 23.7 Å². The van der Waals surface area contributed by atoms with Crippen molar-refractivity contribution >= 4 is 17.5 Å². The van der Waals surface area contributed by atoms with Crippen LogP contribution in [0.25, 0.3) is 0 Å². The lowest BCUT2D eigenvalue weighted by Crippen LogP contribution is -2.47. The molecule has 18 heavy (non-hydrogen) atoms. The van der Waals surface area contributed by atoms with E-state index in [1.54, 1.807) is 7.11 Å². The Hall–Kier alpha value is -1.26. The number of hydrogen-bond donors (Lipinski definition) is 2. The average molecular weight is 269 g/mol. The number of piperidine rings is 1. The number of nitrogens with one attached hydrogen (secondary N) is 2. The van der Waals surface area contributed by atoms with Crippen LogP contribution >= 0.6 is 11.6 Å². The molecule has 1 amide bonds. The second kappa shape index (κ2) is 6.07. The molecule has 4 nitrogen and oxygen atoms in total. The van der Waals surface area contributed by atoms with Gasteiger partial charge in [-0.1, -0.05) is 17.7 Å². The largest absolute Gasteiger partial charge is 0.496 e. The van der Waals surface area contributed by atoms with Crippen molar-refractivity contribution in [2.24, 2.45) is 0 Å². The van der Waals surface area contributed by atoms with Crippen molar-refractivity contribution < 1.29 is 9.53 Å². The molecule has 2 rings (SSSR count). The molecule has 1 aliphatic heterocycles. The second-order valence-electron chi connectivity index (χ2n) is 4.29. The highest BCUT2D eigenvalue weighted by Crippen LogP contribution is 2.26. The van der Waals surface area contributed by atoms with Crippen LogP contribution < -0.4 is 15.4 Å². The lowest BCUT2D eigenvalue weighted by molar-refractivity contribution is -0.124. The van der Waals surface area contributed by atoms with E-state index in [0.29, 0.717) is 11.6 Å². The standard InChI is InChI=1S/C13H17ClN2O2/c1-18-12-6-2-4-10(14)9(12)8-16-11-5-3-7-15-13(11)17/h2,4,6,11,16H,3,5,7-8H2,1H3,(H,15,17). The summed E-state index contributed by atoms with van der Waals surface area (Å²) in [6.07, 6.45) is 1.86. The Morgan fingerprint density at radius 3 is 3.11 bits per heavy atom. The second-order valence-corrected chi connectivity index (χ2v) is 4.69. The van der Waals surface area contributed by atoms with Crippen molar-refractivity contribution in [2.75, 3.05) is 13.7 Å². The Labute approximate surface area is 112 Å². The van der Waals surface area contributed by atoms with Gasteiger partial charge in [-0.3, -0.25) is 4.79 Å². The molecule has 0 spiro atoms. The molecule has 1 aromatic rings. The maximum absolute atomic E-state index is 11.6. The molecule has 0 aliphatic carbocycles. The number of halogens is 1. The summed E-state index contributed by atoms with van der Waals surface area (Å²) >= 11 is 6.14. The van der Waals surface area contributed by atoms with Gasteiger partial charge in [-0.25, -0.2) is 0 Å². The molecule has 1 saturated heterocycles. The summed E-state index contributed by atoms with van der Waals surface area (Å²) in [5, 5.41) is 6.72. The Morgan fingerprint density at radius 2 is 2.39 bits per heavy atom. The number of amides is 1. The van der Waals surface area contributed by atoms with Crippen LogP contribution in [0, 0.1) is 0 Å². The number of methoxy groups -OCH3 is 1. The van der Waals surface area contributed by atoms with Gasteiger partial charge in [-0.2, -0.15) is 0 Å². The van der Waals surface area contributed by atoms with Crippen molar-refractivity contribution in [1.29, 1.82) is 0 Å². The maximum Gasteiger partial charge on any atom is 0.237 e. The molecule has 1 aliphatic rings. The summed E-state index contributed by atoms with van der Waals surface area (Å²) in [5.74, 6) is 0.804. The first-order valence-corrected chi connectivity index (χ1v) is 6.42. The molecule has 1 aromatic carbocycles. The highest BCUT2D eigenvalue weighted by Gasteiger charge is 2.21. The van der Waals surface area contributed by atoms with Crippen molar-refractivity contribution in [3.05, 3.63) is 28.8 Å². The zero-order valence-corrected chi connectivity index (χ0v) is 11.1. The molecule has 5 heteroatoms. The summed E-state index contributed by atoms with van der Waals surface area (Å²) in [6.45, 7) is 1.30. The fourth-order valence-corrected chi connectivity index (χ4v) is 2.33. The molecule has 1 unspecified atom stereocenters. The van der Waals surface area contributed by atoms with E-state index in [9.17, 15) is 4.79 Å². The Morgan fingerprint density at radius 1 is 1.56 bits per heavy atom. The van der Waals surface area contributed by atoms with Crippen molar-refractivity contribution in [3.63, 3.8) is 0 Å². The van der Waals surface area contributed by atoms with Crippen LogP contribution in [0.15, 0.2) is 18.2 Å². The summed E-state index contributed by atoms with van der Waals surface area (Å²) in [6, 6.07) is 5.39. The third kappa shape index (κ3) is 2.94. The fourth-order valence-electron chi connectivity index (χ4n) is 2.09. The number of carbonyl (C=O) groups is 1. The van der Waals surface area contributed by atoms with Crippen LogP contribution in [0.3, 0.4) is 0 Å². The van der Waals surface area contributed by atoms with Crippen LogP contribution in [0.4, 0.5) is 0 Å². The third-order valence-electron chi connectivity index (χ3n) is 3.11. The SMILES string of the molecule is COc1cccc(Cl)c1CNC1CCCNC1=O. The van der Waals surface area contributed by atoms with Gasteiger partial charge >= 0.3 is 0 Å². The number of rotatable bonds is 4. The van der Waals surface area contributed by atoms with Gasteiger partial charge in [0.15, 0.2) is 0 Å². The smallest absolute Gasteiger partial charge is 0.237 e. The minimum absolute atomic E-state index is 0.0623. The van der Waals surface area contributed by atoms with Gasteiger partial charge in [0.2, 0.25) is 5.91 Å². The first-order chi connectivity index (χ1) is 8.72.